The van der Waals surface area contributed by atoms with Crippen LogP contribution in [0.5, 0.6) is 0 Å². The SMILES string of the molecule is CC(C)(C)C1[C@@H](OC(N)=O)CCN1C(=O)COCc1cc(C(F)(F)F)ccn1. The number of aromatic nitrogens is 1. The van der Waals surface area contributed by atoms with Gasteiger partial charge < -0.3 is 20.1 Å². The molecule has 1 aliphatic rings. The number of primary amides is 1. The molecule has 1 saturated heterocycles. The Morgan fingerprint density at radius 2 is 2.00 bits per heavy atom. The third-order valence-electron chi connectivity index (χ3n) is 4.44. The molecule has 1 aromatic rings. The van der Waals surface area contributed by atoms with Crippen LogP contribution in [-0.2, 0) is 27.1 Å². The molecule has 0 spiro atoms. The van der Waals surface area contributed by atoms with Crippen LogP contribution in [-0.4, -0.2) is 47.2 Å². The molecule has 156 valence electrons. The summed E-state index contributed by atoms with van der Waals surface area (Å²) in [6.45, 7) is 5.54. The minimum Gasteiger partial charge on any atom is -0.444 e. The molecule has 2 amide bonds. The number of carbonyl (C=O) groups is 2. The maximum Gasteiger partial charge on any atom is 0.416 e. The monoisotopic (exact) mass is 403 g/mol. The number of hydrogen-bond donors (Lipinski definition) is 1. The Kier molecular flexibility index (Phi) is 6.53. The Balaban J connectivity index is 1.98. The van der Waals surface area contributed by atoms with Crippen LogP contribution < -0.4 is 5.73 Å². The topological polar surface area (TPSA) is 94.8 Å². The molecule has 7 nitrogen and oxygen atoms in total. The Morgan fingerprint density at radius 1 is 1.32 bits per heavy atom. The van der Waals surface area contributed by atoms with E-state index in [-0.39, 0.29) is 36.3 Å². The Hall–Kier alpha value is -2.36. The van der Waals surface area contributed by atoms with Gasteiger partial charge >= 0.3 is 12.3 Å². The first-order chi connectivity index (χ1) is 12.9. The zero-order valence-electron chi connectivity index (χ0n) is 16.0. The first kappa shape index (κ1) is 21.9. The number of likely N-dealkylation sites (tertiary alicyclic amines) is 1. The van der Waals surface area contributed by atoms with E-state index < -0.39 is 23.9 Å². The molecule has 10 heteroatoms. The summed E-state index contributed by atoms with van der Waals surface area (Å²) in [7, 11) is 0. The predicted octanol–water partition coefficient (Wildman–Crippen LogP) is 2.73. The number of pyridine rings is 1. The molecule has 0 aromatic carbocycles. The van der Waals surface area contributed by atoms with Gasteiger partial charge in [0, 0.05) is 19.2 Å². The van der Waals surface area contributed by atoms with E-state index in [1.165, 1.54) is 0 Å². The predicted molar refractivity (Wildman–Crippen MR) is 92.9 cm³/mol. The van der Waals surface area contributed by atoms with E-state index in [9.17, 15) is 22.8 Å². The van der Waals surface area contributed by atoms with Gasteiger partial charge in [0.2, 0.25) is 5.91 Å². The largest absolute Gasteiger partial charge is 0.444 e. The molecule has 2 atom stereocenters. The van der Waals surface area contributed by atoms with Crippen LogP contribution in [0.15, 0.2) is 18.3 Å². The average molecular weight is 403 g/mol. The molecule has 1 fully saturated rings. The van der Waals surface area contributed by atoms with Crippen LogP contribution in [0.4, 0.5) is 18.0 Å². The lowest BCUT2D eigenvalue weighted by molar-refractivity contribution is -0.141. The molecule has 1 aromatic heterocycles. The molecular formula is C18H24F3N3O4. The van der Waals surface area contributed by atoms with Crippen molar-refractivity contribution in [1.82, 2.24) is 9.88 Å². The maximum absolute atomic E-state index is 12.7. The number of halogens is 3. The van der Waals surface area contributed by atoms with E-state index in [4.69, 9.17) is 15.2 Å². The molecule has 2 rings (SSSR count). The first-order valence-corrected chi connectivity index (χ1v) is 8.75. The van der Waals surface area contributed by atoms with Crippen LogP contribution in [0.3, 0.4) is 0 Å². The third-order valence-corrected chi connectivity index (χ3v) is 4.44. The fourth-order valence-electron chi connectivity index (χ4n) is 3.40. The average Bonchev–Trinajstić information content (AvgIpc) is 2.97. The second-order valence-electron chi connectivity index (χ2n) is 7.69. The highest BCUT2D eigenvalue weighted by Gasteiger charge is 2.45. The fourth-order valence-corrected chi connectivity index (χ4v) is 3.40. The number of ether oxygens (including phenoxy) is 2. The van der Waals surface area contributed by atoms with Crippen molar-refractivity contribution < 1.29 is 32.2 Å². The van der Waals surface area contributed by atoms with Crippen LogP contribution in [0.25, 0.3) is 0 Å². The highest BCUT2D eigenvalue weighted by Crippen LogP contribution is 2.35. The van der Waals surface area contributed by atoms with Gasteiger partial charge in [0.15, 0.2) is 0 Å². The molecule has 1 aliphatic heterocycles. The van der Waals surface area contributed by atoms with E-state index in [1.54, 1.807) is 4.90 Å². The number of amides is 2. The summed E-state index contributed by atoms with van der Waals surface area (Å²) < 4.78 is 48.6. The first-order valence-electron chi connectivity index (χ1n) is 8.75. The molecular weight excluding hydrogens is 379 g/mol. The number of carbonyl (C=O) groups excluding carboxylic acids is 2. The Morgan fingerprint density at radius 3 is 2.57 bits per heavy atom. The van der Waals surface area contributed by atoms with Crippen molar-refractivity contribution in [2.75, 3.05) is 13.2 Å². The van der Waals surface area contributed by atoms with Gasteiger partial charge in [-0.2, -0.15) is 13.2 Å². The summed E-state index contributed by atoms with van der Waals surface area (Å²) in [6.07, 6.45) is -4.40. The minimum absolute atomic E-state index is 0.0753. The molecule has 2 N–H and O–H groups in total. The van der Waals surface area contributed by atoms with E-state index >= 15 is 0 Å². The van der Waals surface area contributed by atoms with Crippen molar-refractivity contribution in [3.05, 3.63) is 29.6 Å². The van der Waals surface area contributed by atoms with Crippen molar-refractivity contribution in [2.24, 2.45) is 11.1 Å². The van der Waals surface area contributed by atoms with Gasteiger partial charge in [-0.3, -0.25) is 9.78 Å². The van der Waals surface area contributed by atoms with E-state index in [1.807, 2.05) is 20.8 Å². The van der Waals surface area contributed by atoms with Crippen molar-refractivity contribution in [3.8, 4) is 0 Å². The fraction of sp³-hybridized carbons (Fsp3) is 0.611. The lowest BCUT2D eigenvalue weighted by atomic mass is 9.83. The Bertz CT molecular complexity index is 719. The highest BCUT2D eigenvalue weighted by molar-refractivity contribution is 5.78. The van der Waals surface area contributed by atoms with Crippen LogP contribution in [0.2, 0.25) is 0 Å². The second kappa shape index (κ2) is 8.34. The van der Waals surface area contributed by atoms with Gasteiger partial charge in [0.05, 0.1) is 23.9 Å². The number of rotatable bonds is 5. The van der Waals surface area contributed by atoms with Crippen molar-refractivity contribution in [3.63, 3.8) is 0 Å². The van der Waals surface area contributed by atoms with Gasteiger partial charge in [0.25, 0.3) is 0 Å². The van der Waals surface area contributed by atoms with E-state index in [0.717, 1.165) is 18.3 Å². The molecule has 0 radical (unpaired) electrons. The Labute approximate surface area is 161 Å². The molecule has 0 saturated carbocycles. The lowest BCUT2D eigenvalue weighted by Crippen LogP contribution is -2.50. The summed E-state index contributed by atoms with van der Waals surface area (Å²) in [4.78, 5) is 29.1. The summed E-state index contributed by atoms with van der Waals surface area (Å²) in [5.74, 6) is -0.345. The third kappa shape index (κ3) is 5.57. The van der Waals surface area contributed by atoms with Gasteiger partial charge in [-0.15, -0.1) is 0 Å². The summed E-state index contributed by atoms with van der Waals surface area (Å²) in [6, 6.07) is 1.36. The normalized spacial score (nSPS) is 20.3. The van der Waals surface area contributed by atoms with E-state index in [2.05, 4.69) is 4.98 Å². The molecule has 0 bridgehead atoms. The smallest absolute Gasteiger partial charge is 0.416 e. The number of nitrogens with zero attached hydrogens (tertiary/aromatic N) is 2. The van der Waals surface area contributed by atoms with Gasteiger partial charge in [-0.05, 0) is 17.5 Å². The van der Waals surface area contributed by atoms with Gasteiger partial charge in [-0.25, -0.2) is 4.79 Å². The quantitative estimate of drug-likeness (QED) is 0.816. The minimum atomic E-state index is -4.47. The molecule has 28 heavy (non-hydrogen) atoms. The van der Waals surface area contributed by atoms with Gasteiger partial charge in [-0.1, -0.05) is 20.8 Å². The molecule has 2 heterocycles. The summed E-state index contributed by atoms with van der Waals surface area (Å²) >= 11 is 0. The maximum atomic E-state index is 12.7. The van der Waals surface area contributed by atoms with Crippen molar-refractivity contribution in [1.29, 1.82) is 0 Å². The number of alkyl halides is 3. The zero-order chi connectivity index (χ0) is 21.1. The number of nitrogens with two attached hydrogens (primary N) is 1. The molecule has 1 unspecified atom stereocenters. The molecule has 0 aliphatic carbocycles. The van der Waals surface area contributed by atoms with Crippen LogP contribution in [0.1, 0.15) is 38.4 Å². The number of hydrogen-bond acceptors (Lipinski definition) is 5. The summed E-state index contributed by atoms with van der Waals surface area (Å²) in [5, 5.41) is 0. The lowest BCUT2D eigenvalue weighted by Gasteiger charge is -2.37. The zero-order valence-corrected chi connectivity index (χ0v) is 16.0. The van der Waals surface area contributed by atoms with Crippen molar-refractivity contribution >= 4 is 12.0 Å². The van der Waals surface area contributed by atoms with Crippen molar-refractivity contribution in [2.45, 2.75) is 52.1 Å². The standard InChI is InChI=1S/C18H24F3N3O4/c1-17(2,3)15-13(28-16(22)26)5-7-24(15)14(25)10-27-9-12-8-11(4-6-23-12)18(19,20)21/h4,6,8,13,15H,5,7,9-10H2,1-3H3,(H2,22,26)/t13-,15?/m0/s1. The van der Waals surface area contributed by atoms with Crippen LogP contribution in [0, 0.1) is 5.41 Å². The summed E-state index contributed by atoms with van der Waals surface area (Å²) in [5.41, 5.74) is 3.98. The highest BCUT2D eigenvalue weighted by atomic mass is 19.4. The van der Waals surface area contributed by atoms with E-state index in [0.29, 0.717) is 13.0 Å². The van der Waals surface area contributed by atoms with Gasteiger partial charge in [0.1, 0.15) is 12.7 Å². The van der Waals surface area contributed by atoms with Crippen LogP contribution >= 0.6 is 0 Å². The second-order valence-corrected chi connectivity index (χ2v) is 7.69.